The number of nitrogens with one attached hydrogen (secondary N) is 2. The van der Waals surface area contributed by atoms with Crippen molar-refractivity contribution in [1.29, 1.82) is 0 Å². The monoisotopic (exact) mass is 316 g/mol. The van der Waals surface area contributed by atoms with Crippen molar-refractivity contribution in [1.82, 2.24) is 20.4 Å². The number of fused-ring (bicyclic) bond motifs is 1. The van der Waals surface area contributed by atoms with Crippen LogP contribution in [0.1, 0.15) is 18.1 Å². The molecular formula is C18H28N4O. The fourth-order valence-corrected chi connectivity index (χ4v) is 3.43. The quantitative estimate of drug-likeness (QED) is 0.828. The first-order valence-corrected chi connectivity index (χ1v) is 8.75. The molecule has 3 rings (SSSR count). The highest BCUT2D eigenvalue weighted by Crippen LogP contribution is 2.20. The number of nitrogens with zero attached hydrogens (tertiary/aromatic N) is 2. The molecule has 5 nitrogen and oxygen atoms in total. The van der Waals surface area contributed by atoms with Gasteiger partial charge < -0.3 is 10.6 Å². The second-order valence-electron chi connectivity index (χ2n) is 6.55. The number of hydrogen-bond donors (Lipinski definition) is 2. The molecule has 0 bridgehead atoms. The van der Waals surface area contributed by atoms with Gasteiger partial charge in [0.15, 0.2) is 0 Å². The molecule has 0 saturated carbocycles. The molecule has 0 aliphatic carbocycles. The highest BCUT2D eigenvalue weighted by Gasteiger charge is 2.25. The summed E-state index contributed by atoms with van der Waals surface area (Å²) in [7, 11) is 0. The summed E-state index contributed by atoms with van der Waals surface area (Å²) in [4.78, 5) is 17.1. The number of piperazine rings is 1. The minimum Gasteiger partial charge on any atom is -0.353 e. The predicted octanol–water partition coefficient (Wildman–Crippen LogP) is 0.455. The molecule has 0 aromatic heterocycles. The zero-order valence-electron chi connectivity index (χ0n) is 14.1. The van der Waals surface area contributed by atoms with Crippen molar-refractivity contribution in [3.63, 3.8) is 0 Å². The zero-order chi connectivity index (χ0) is 16.1. The van der Waals surface area contributed by atoms with Gasteiger partial charge in [0.1, 0.15) is 0 Å². The van der Waals surface area contributed by atoms with Gasteiger partial charge in [-0.3, -0.25) is 14.6 Å². The topological polar surface area (TPSA) is 47.6 Å². The number of carbonyl (C=O) groups is 1. The summed E-state index contributed by atoms with van der Waals surface area (Å²) in [5.41, 5.74) is 2.79. The van der Waals surface area contributed by atoms with Gasteiger partial charge in [-0.1, -0.05) is 24.3 Å². The fourth-order valence-electron chi connectivity index (χ4n) is 3.43. The maximum Gasteiger partial charge on any atom is 0.237 e. The van der Waals surface area contributed by atoms with Gasteiger partial charge >= 0.3 is 0 Å². The van der Waals surface area contributed by atoms with E-state index in [1.807, 2.05) is 6.92 Å². The minimum absolute atomic E-state index is 0.0635. The highest BCUT2D eigenvalue weighted by molar-refractivity contribution is 5.81. The molecule has 1 aromatic rings. The Bertz CT molecular complexity index is 528. The van der Waals surface area contributed by atoms with Crippen LogP contribution in [0.25, 0.3) is 0 Å². The Balaban J connectivity index is 1.44. The van der Waals surface area contributed by atoms with Crippen LogP contribution in [0.3, 0.4) is 0 Å². The van der Waals surface area contributed by atoms with E-state index in [1.54, 1.807) is 0 Å². The molecule has 1 aromatic carbocycles. The van der Waals surface area contributed by atoms with Crippen LogP contribution in [0.15, 0.2) is 24.3 Å². The summed E-state index contributed by atoms with van der Waals surface area (Å²) in [5.74, 6) is 0.152. The van der Waals surface area contributed by atoms with Gasteiger partial charge in [0.2, 0.25) is 5.91 Å². The molecule has 2 N–H and O–H groups in total. The molecule has 0 radical (unpaired) electrons. The summed E-state index contributed by atoms with van der Waals surface area (Å²) < 4.78 is 0. The van der Waals surface area contributed by atoms with E-state index in [9.17, 15) is 4.79 Å². The zero-order valence-corrected chi connectivity index (χ0v) is 14.1. The van der Waals surface area contributed by atoms with E-state index in [0.29, 0.717) is 0 Å². The molecule has 2 heterocycles. The molecule has 1 saturated heterocycles. The average molecular weight is 316 g/mol. The van der Waals surface area contributed by atoms with Crippen LogP contribution >= 0.6 is 0 Å². The normalized spacial score (nSPS) is 20.7. The summed E-state index contributed by atoms with van der Waals surface area (Å²) in [6.07, 6.45) is 1.04. The first-order chi connectivity index (χ1) is 11.2. The number of amides is 1. The third kappa shape index (κ3) is 4.31. The third-order valence-electron chi connectivity index (χ3n) is 5.02. The molecule has 1 fully saturated rings. The Kier molecular flexibility index (Phi) is 5.65. The standard InChI is InChI=1S/C18H28N4O/c1-15(18(23)20-9-13-21-11-7-19-8-12-21)22-10-6-16-4-2-3-5-17(16)14-22/h2-5,15,19H,6-14H2,1H3,(H,20,23). The van der Waals surface area contributed by atoms with Crippen LogP contribution in [0.4, 0.5) is 0 Å². The molecule has 1 atom stereocenters. The first kappa shape index (κ1) is 16.4. The summed E-state index contributed by atoms with van der Waals surface area (Å²) >= 11 is 0. The van der Waals surface area contributed by atoms with Gasteiger partial charge in [-0.25, -0.2) is 0 Å². The van der Waals surface area contributed by atoms with E-state index in [0.717, 1.165) is 58.8 Å². The van der Waals surface area contributed by atoms with E-state index in [2.05, 4.69) is 44.7 Å². The largest absolute Gasteiger partial charge is 0.353 e. The fraction of sp³-hybridized carbons (Fsp3) is 0.611. The van der Waals surface area contributed by atoms with Gasteiger partial charge in [0.05, 0.1) is 6.04 Å². The van der Waals surface area contributed by atoms with Crippen LogP contribution in [0.5, 0.6) is 0 Å². The molecule has 2 aliphatic heterocycles. The van der Waals surface area contributed by atoms with Gasteiger partial charge in [0, 0.05) is 52.4 Å². The van der Waals surface area contributed by atoms with Crippen molar-refractivity contribution in [2.45, 2.75) is 25.9 Å². The van der Waals surface area contributed by atoms with E-state index < -0.39 is 0 Å². The highest BCUT2D eigenvalue weighted by atomic mass is 16.2. The van der Waals surface area contributed by atoms with Crippen LogP contribution in [-0.2, 0) is 17.8 Å². The van der Waals surface area contributed by atoms with E-state index in [4.69, 9.17) is 0 Å². The third-order valence-corrected chi connectivity index (χ3v) is 5.02. The number of hydrogen-bond acceptors (Lipinski definition) is 4. The van der Waals surface area contributed by atoms with Gasteiger partial charge in [0.25, 0.3) is 0 Å². The number of rotatable bonds is 5. The summed E-state index contributed by atoms with van der Waals surface area (Å²) in [5, 5.41) is 6.46. The Morgan fingerprint density at radius 2 is 1.96 bits per heavy atom. The van der Waals surface area contributed by atoms with Crippen LogP contribution in [-0.4, -0.2) is 67.6 Å². The Labute approximate surface area is 139 Å². The van der Waals surface area contributed by atoms with Crippen LogP contribution < -0.4 is 10.6 Å². The smallest absolute Gasteiger partial charge is 0.237 e. The predicted molar refractivity (Wildman–Crippen MR) is 92.3 cm³/mol. The van der Waals surface area contributed by atoms with Crippen LogP contribution in [0.2, 0.25) is 0 Å². The summed E-state index contributed by atoms with van der Waals surface area (Å²) in [6, 6.07) is 8.49. The second kappa shape index (κ2) is 7.90. The van der Waals surface area contributed by atoms with Gasteiger partial charge in [-0.05, 0) is 24.5 Å². The Morgan fingerprint density at radius 1 is 1.22 bits per heavy atom. The molecule has 1 amide bonds. The SMILES string of the molecule is CC(C(=O)NCCN1CCNCC1)N1CCc2ccccc2C1. The van der Waals surface area contributed by atoms with E-state index in [1.165, 1.54) is 11.1 Å². The molecule has 126 valence electrons. The second-order valence-corrected chi connectivity index (χ2v) is 6.55. The number of carbonyl (C=O) groups excluding carboxylic acids is 1. The number of benzene rings is 1. The molecule has 5 heteroatoms. The van der Waals surface area contributed by atoms with Crippen LogP contribution in [0, 0.1) is 0 Å². The minimum atomic E-state index is -0.0635. The lowest BCUT2D eigenvalue weighted by atomic mass is 9.99. The van der Waals surface area contributed by atoms with Crippen molar-refractivity contribution < 1.29 is 4.79 Å². The van der Waals surface area contributed by atoms with Gasteiger partial charge in [-0.15, -0.1) is 0 Å². The average Bonchev–Trinajstić information content (AvgIpc) is 2.61. The molecule has 23 heavy (non-hydrogen) atoms. The maximum absolute atomic E-state index is 12.4. The molecule has 2 aliphatic rings. The lowest BCUT2D eigenvalue weighted by molar-refractivity contribution is -0.126. The lowest BCUT2D eigenvalue weighted by Crippen LogP contribution is -2.50. The van der Waals surface area contributed by atoms with Crippen molar-refractivity contribution in [2.75, 3.05) is 45.8 Å². The summed E-state index contributed by atoms with van der Waals surface area (Å²) in [6.45, 7) is 9.81. The van der Waals surface area contributed by atoms with Gasteiger partial charge in [-0.2, -0.15) is 0 Å². The first-order valence-electron chi connectivity index (χ1n) is 8.75. The van der Waals surface area contributed by atoms with E-state index >= 15 is 0 Å². The molecule has 0 spiro atoms. The maximum atomic E-state index is 12.4. The molecule has 1 unspecified atom stereocenters. The van der Waals surface area contributed by atoms with Crippen molar-refractivity contribution >= 4 is 5.91 Å². The van der Waals surface area contributed by atoms with Crippen molar-refractivity contribution in [2.24, 2.45) is 0 Å². The molecular weight excluding hydrogens is 288 g/mol. The van der Waals surface area contributed by atoms with E-state index in [-0.39, 0.29) is 11.9 Å². The Hall–Kier alpha value is -1.43. The van der Waals surface area contributed by atoms with Crippen molar-refractivity contribution in [3.8, 4) is 0 Å². The Morgan fingerprint density at radius 3 is 2.74 bits per heavy atom. The van der Waals surface area contributed by atoms with Crippen molar-refractivity contribution in [3.05, 3.63) is 35.4 Å². The lowest BCUT2D eigenvalue weighted by Gasteiger charge is -2.33.